The van der Waals surface area contributed by atoms with E-state index in [1.165, 1.54) is 0 Å². The summed E-state index contributed by atoms with van der Waals surface area (Å²) in [5.41, 5.74) is -0.113. The highest BCUT2D eigenvalue weighted by Crippen LogP contribution is 2.41. The van der Waals surface area contributed by atoms with Crippen LogP contribution in [0.2, 0.25) is 0 Å². The minimum atomic E-state index is -1.06. The predicted octanol–water partition coefficient (Wildman–Crippen LogP) is 2.96. The average molecular weight is 328 g/mol. The molecular weight excluding hydrogens is 300 g/mol. The van der Waals surface area contributed by atoms with Crippen LogP contribution in [0.1, 0.15) is 54.4 Å². The minimum absolute atomic E-state index is 0.0556. The van der Waals surface area contributed by atoms with Crippen LogP contribution in [0.5, 0.6) is 0 Å². The fraction of sp³-hybridized carbons (Fsp3) is 0.706. The molecule has 1 N–H and O–H groups in total. The number of ether oxygens (including phenoxy) is 2. The first-order valence-electron chi connectivity index (χ1n) is 7.61. The maximum atomic E-state index is 12.4. The summed E-state index contributed by atoms with van der Waals surface area (Å²) >= 11 is 0. The smallest absolute Gasteiger partial charge is 0.316 e. The second kappa shape index (κ2) is 8.70. The van der Waals surface area contributed by atoms with Gasteiger partial charge in [-0.05, 0) is 26.2 Å². The second-order valence-corrected chi connectivity index (χ2v) is 6.92. The molecule has 0 radical (unpaired) electrons. The zero-order valence-electron chi connectivity index (χ0n) is 14.9. The highest BCUT2D eigenvalue weighted by Gasteiger charge is 2.43. The molecule has 0 amide bonds. The monoisotopic (exact) mass is 328 g/mol. The maximum Gasteiger partial charge on any atom is 0.316 e. The van der Waals surface area contributed by atoms with Gasteiger partial charge < -0.3 is 14.6 Å². The Kier molecular flexibility index (Phi) is 8.00. The van der Waals surface area contributed by atoms with E-state index in [1.807, 2.05) is 47.6 Å². The van der Waals surface area contributed by atoms with Crippen molar-refractivity contribution in [3.63, 3.8) is 0 Å². The third-order valence-electron chi connectivity index (χ3n) is 3.68. The molecular formula is C17H28O6. The molecule has 0 spiro atoms. The van der Waals surface area contributed by atoms with E-state index in [4.69, 9.17) is 14.6 Å². The molecule has 23 heavy (non-hydrogen) atoms. The van der Waals surface area contributed by atoms with Crippen molar-refractivity contribution in [2.24, 2.45) is 10.8 Å². The standard InChI is InChI=1S/C17H28O6/c1-12(2)11-17(6,16(3,4)5)15(21)23-10-9-22-14(20)8-7-13(18)19/h11H,7-10H2,1-6H3,(H,18,19). The van der Waals surface area contributed by atoms with Gasteiger partial charge in [0.2, 0.25) is 0 Å². The van der Waals surface area contributed by atoms with Crippen molar-refractivity contribution < 1.29 is 29.0 Å². The van der Waals surface area contributed by atoms with Gasteiger partial charge in [-0.15, -0.1) is 0 Å². The van der Waals surface area contributed by atoms with Crippen molar-refractivity contribution >= 4 is 17.9 Å². The van der Waals surface area contributed by atoms with E-state index in [-0.39, 0.29) is 37.4 Å². The lowest BCUT2D eigenvalue weighted by Crippen LogP contribution is -2.40. The molecule has 0 aliphatic heterocycles. The van der Waals surface area contributed by atoms with E-state index in [9.17, 15) is 14.4 Å². The molecule has 0 rings (SSSR count). The van der Waals surface area contributed by atoms with Gasteiger partial charge in [-0.2, -0.15) is 0 Å². The van der Waals surface area contributed by atoms with E-state index in [2.05, 4.69) is 0 Å². The van der Waals surface area contributed by atoms with Gasteiger partial charge in [-0.1, -0.05) is 32.4 Å². The van der Waals surface area contributed by atoms with Gasteiger partial charge in [-0.3, -0.25) is 14.4 Å². The third kappa shape index (κ3) is 7.30. The molecule has 0 saturated carbocycles. The highest BCUT2D eigenvalue weighted by atomic mass is 16.6. The number of hydrogen-bond donors (Lipinski definition) is 1. The third-order valence-corrected chi connectivity index (χ3v) is 3.68. The lowest BCUT2D eigenvalue weighted by Gasteiger charge is -2.37. The number of allylic oxidation sites excluding steroid dienone is 1. The Hall–Kier alpha value is -1.85. The summed E-state index contributed by atoms with van der Waals surface area (Å²) in [4.78, 5) is 34.0. The van der Waals surface area contributed by atoms with Gasteiger partial charge in [0, 0.05) is 0 Å². The van der Waals surface area contributed by atoms with Gasteiger partial charge in [0.25, 0.3) is 0 Å². The molecule has 0 aliphatic carbocycles. The van der Waals surface area contributed by atoms with Crippen LogP contribution in [-0.4, -0.2) is 36.2 Å². The topological polar surface area (TPSA) is 89.9 Å². The fourth-order valence-corrected chi connectivity index (χ4v) is 1.88. The molecule has 0 fully saturated rings. The summed E-state index contributed by atoms with van der Waals surface area (Å²) in [7, 11) is 0. The van der Waals surface area contributed by atoms with E-state index >= 15 is 0 Å². The van der Waals surface area contributed by atoms with E-state index in [1.54, 1.807) is 0 Å². The molecule has 0 aromatic carbocycles. The Morgan fingerprint density at radius 2 is 1.48 bits per heavy atom. The van der Waals surface area contributed by atoms with Gasteiger partial charge in [-0.25, -0.2) is 0 Å². The largest absolute Gasteiger partial charge is 0.481 e. The Morgan fingerprint density at radius 1 is 0.957 bits per heavy atom. The molecule has 0 heterocycles. The zero-order valence-corrected chi connectivity index (χ0v) is 14.9. The van der Waals surface area contributed by atoms with Crippen LogP contribution < -0.4 is 0 Å². The highest BCUT2D eigenvalue weighted by molar-refractivity contribution is 5.80. The first-order chi connectivity index (χ1) is 10.4. The molecule has 0 saturated heterocycles. The molecule has 6 heteroatoms. The Balaban J connectivity index is 4.49. The number of esters is 2. The van der Waals surface area contributed by atoms with Crippen LogP contribution in [0.4, 0.5) is 0 Å². The van der Waals surface area contributed by atoms with E-state index in [0.29, 0.717) is 0 Å². The Morgan fingerprint density at radius 3 is 1.91 bits per heavy atom. The summed E-state index contributed by atoms with van der Waals surface area (Å²) in [6.45, 7) is 11.4. The number of carbonyl (C=O) groups excluding carboxylic acids is 2. The van der Waals surface area contributed by atoms with Gasteiger partial charge in [0.15, 0.2) is 0 Å². The molecule has 0 aromatic heterocycles. The van der Waals surface area contributed by atoms with E-state index < -0.39 is 17.4 Å². The SMILES string of the molecule is CC(C)=CC(C)(C(=O)OCCOC(=O)CCC(=O)O)C(C)(C)C. The summed E-state index contributed by atoms with van der Waals surface area (Å²) in [5.74, 6) is -2.06. The molecule has 1 unspecified atom stereocenters. The molecule has 132 valence electrons. The first-order valence-corrected chi connectivity index (χ1v) is 7.61. The summed E-state index contributed by atoms with van der Waals surface area (Å²) in [5, 5.41) is 8.46. The summed E-state index contributed by atoms with van der Waals surface area (Å²) in [6.07, 6.45) is 1.41. The fourth-order valence-electron chi connectivity index (χ4n) is 1.88. The predicted molar refractivity (Wildman–Crippen MR) is 85.8 cm³/mol. The number of carbonyl (C=O) groups is 3. The zero-order chi connectivity index (χ0) is 18.3. The normalized spacial score (nSPS) is 13.7. The number of carboxylic acid groups (broad SMARTS) is 1. The number of rotatable bonds is 8. The minimum Gasteiger partial charge on any atom is -0.481 e. The van der Waals surface area contributed by atoms with Crippen molar-refractivity contribution in [2.75, 3.05) is 13.2 Å². The second-order valence-electron chi connectivity index (χ2n) is 6.92. The lowest BCUT2D eigenvalue weighted by atomic mass is 9.67. The lowest BCUT2D eigenvalue weighted by molar-refractivity contribution is -0.162. The van der Waals surface area contributed by atoms with Crippen molar-refractivity contribution in [1.82, 2.24) is 0 Å². The van der Waals surface area contributed by atoms with Crippen LogP contribution >= 0.6 is 0 Å². The molecule has 0 bridgehead atoms. The Labute approximate surface area is 137 Å². The van der Waals surface area contributed by atoms with Crippen LogP contribution in [0.25, 0.3) is 0 Å². The van der Waals surface area contributed by atoms with Crippen LogP contribution in [0.3, 0.4) is 0 Å². The van der Waals surface area contributed by atoms with Crippen molar-refractivity contribution in [2.45, 2.75) is 54.4 Å². The van der Waals surface area contributed by atoms with Crippen LogP contribution in [0, 0.1) is 10.8 Å². The molecule has 1 atom stereocenters. The quantitative estimate of drug-likeness (QED) is 0.418. The summed E-state index contributed by atoms with van der Waals surface area (Å²) in [6, 6.07) is 0. The Bertz CT molecular complexity index is 468. The molecule has 0 aromatic rings. The van der Waals surface area contributed by atoms with Crippen LogP contribution in [-0.2, 0) is 23.9 Å². The van der Waals surface area contributed by atoms with Gasteiger partial charge >= 0.3 is 17.9 Å². The van der Waals surface area contributed by atoms with Crippen molar-refractivity contribution in [3.05, 3.63) is 11.6 Å². The van der Waals surface area contributed by atoms with E-state index in [0.717, 1.165) is 5.57 Å². The summed E-state index contributed by atoms with van der Waals surface area (Å²) < 4.78 is 10.1. The number of hydrogen-bond acceptors (Lipinski definition) is 5. The van der Waals surface area contributed by atoms with Gasteiger partial charge in [0.1, 0.15) is 13.2 Å². The molecule has 6 nitrogen and oxygen atoms in total. The number of aliphatic carboxylic acids is 1. The first kappa shape index (κ1) is 21.1. The number of carboxylic acids is 1. The maximum absolute atomic E-state index is 12.4. The van der Waals surface area contributed by atoms with Crippen molar-refractivity contribution in [1.29, 1.82) is 0 Å². The van der Waals surface area contributed by atoms with Crippen molar-refractivity contribution in [3.8, 4) is 0 Å². The van der Waals surface area contributed by atoms with Crippen LogP contribution in [0.15, 0.2) is 11.6 Å². The molecule has 0 aliphatic rings. The average Bonchev–Trinajstić information content (AvgIpc) is 2.38. The van der Waals surface area contributed by atoms with Gasteiger partial charge in [0.05, 0.1) is 18.3 Å².